The van der Waals surface area contributed by atoms with Gasteiger partial charge in [0.25, 0.3) is 11.8 Å². The molecular formula is C49H69ClN12O6. The molecule has 0 unspecified atom stereocenters. The normalized spacial score (nSPS) is 18.8. The number of likely N-dealkylation sites (tertiary alicyclic amines) is 2. The number of carbonyl (C=O) groups excluding carboxylic acids is 3. The Balaban J connectivity index is 0.000000225. The van der Waals surface area contributed by atoms with E-state index in [9.17, 15) is 14.4 Å². The Morgan fingerprint density at radius 3 is 1.49 bits per heavy atom. The molecule has 0 bridgehead atoms. The molecule has 2 aromatic carbocycles. The van der Waals surface area contributed by atoms with Crippen molar-refractivity contribution >= 4 is 42.0 Å². The van der Waals surface area contributed by atoms with Crippen molar-refractivity contribution in [2.45, 2.75) is 77.2 Å². The van der Waals surface area contributed by atoms with Gasteiger partial charge in [0.2, 0.25) is 0 Å². The van der Waals surface area contributed by atoms with E-state index >= 15 is 0 Å². The van der Waals surface area contributed by atoms with Crippen LogP contribution in [-0.4, -0.2) is 163 Å². The third-order valence-corrected chi connectivity index (χ3v) is 12.3. The minimum absolute atomic E-state index is 0. The van der Waals surface area contributed by atoms with Crippen LogP contribution in [-0.2, 0) is 17.8 Å². The van der Waals surface area contributed by atoms with Gasteiger partial charge in [0, 0.05) is 89.7 Å². The van der Waals surface area contributed by atoms with Crippen molar-refractivity contribution < 1.29 is 28.6 Å². The van der Waals surface area contributed by atoms with Crippen molar-refractivity contribution in [3.63, 3.8) is 0 Å². The van der Waals surface area contributed by atoms with Crippen molar-refractivity contribution in [3.05, 3.63) is 95.3 Å². The summed E-state index contributed by atoms with van der Waals surface area (Å²) in [6.45, 7) is 15.1. The third kappa shape index (κ3) is 15.3. The van der Waals surface area contributed by atoms with Crippen LogP contribution in [0.1, 0.15) is 78.6 Å². The molecule has 3 amide bonds. The number of amides is 3. The maximum atomic E-state index is 13.0. The van der Waals surface area contributed by atoms with Crippen LogP contribution >= 0.6 is 12.4 Å². The first kappa shape index (κ1) is 51.6. The van der Waals surface area contributed by atoms with E-state index in [-0.39, 0.29) is 48.0 Å². The topological polar surface area (TPSA) is 183 Å². The molecule has 4 aliphatic rings. The maximum absolute atomic E-state index is 13.0. The van der Waals surface area contributed by atoms with Crippen molar-refractivity contribution in [1.29, 1.82) is 0 Å². The van der Waals surface area contributed by atoms with E-state index in [0.29, 0.717) is 76.1 Å². The Hall–Kier alpha value is -5.82. The van der Waals surface area contributed by atoms with Crippen LogP contribution in [0.3, 0.4) is 0 Å². The van der Waals surface area contributed by atoms with E-state index in [1.807, 2.05) is 86.3 Å². The van der Waals surface area contributed by atoms with E-state index in [1.54, 1.807) is 17.0 Å². The molecule has 19 heteroatoms. The van der Waals surface area contributed by atoms with Gasteiger partial charge in [-0.05, 0) is 84.8 Å². The standard InChI is InChI=1S/C27H38N6O4.C22H30N6O2.ClH/c1-27(2,3)37-26(35)33-15-13-32(14-16-33)23-17-22(24(34)28-18-20-9-6-5-7-10-20)29-25(30-23)36-19-21-11-8-12-31(21)4;1-27-11-5-8-18(27)16-30-22-25-19(14-20(26-22)28-12-9-23-10-13-28)21(29)24-15-17-6-3-2-4-7-17;/h5-7,9-10,17,21H,8,11-16,18-19H2,1-4H3,(H,28,34);2-4,6-7,14,18,23H,5,8-13,15-16H2,1H3,(H,24,29);1H/t21-;18-;/m00./s1. The van der Waals surface area contributed by atoms with Gasteiger partial charge < -0.3 is 54.7 Å². The molecule has 2 atom stereocenters. The monoisotopic (exact) mass is 957 g/mol. The van der Waals surface area contributed by atoms with Crippen LogP contribution < -0.4 is 35.2 Å². The number of rotatable bonds is 14. The average molecular weight is 958 g/mol. The Morgan fingerprint density at radius 1 is 0.632 bits per heavy atom. The number of piperazine rings is 2. The van der Waals surface area contributed by atoms with E-state index in [0.717, 1.165) is 75.5 Å². The lowest BCUT2D eigenvalue weighted by Gasteiger charge is -2.36. The van der Waals surface area contributed by atoms with Crippen LogP contribution in [0.5, 0.6) is 12.0 Å². The van der Waals surface area contributed by atoms with Gasteiger partial charge >= 0.3 is 18.1 Å². The van der Waals surface area contributed by atoms with Gasteiger partial charge in [-0.1, -0.05) is 60.7 Å². The van der Waals surface area contributed by atoms with E-state index in [2.05, 4.69) is 64.7 Å². The molecule has 0 aliphatic carbocycles. The van der Waals surface area contributed by atoms with Gasteiger partial charge in [-0.2, -0.15) is 19.9 Å². The third-order valence-electron chi connectivity index (χ3n) is 12.3. The number of likely N-dealkylation sites (N-methyl/N-ethyl adjacent to an activating group) is 2. The summed E-state index contributed by atoms with van der Waals surface area (Å²) in [4.78, 5) is 66.9. The molecule has 4 aromatic rings. The highest BCUT2D eigenvalue weighted by molar-refractivity contribution is 5.93. The lowest BCUT2D eigenvalue weighted by atomic mass is 10.2. The molecule has 18 nitrogen and oxygen atoms in total. The molecule has 3 N–H and O–H groups in total. The van der Waals surface area contributed by atoms with Gasteiger partial charge in [-0.25, -0.2) is 4.79 Å². The fourth-order valence-electron chi connectivity index (χ4n) is 8.31. The summed E-state index contributed by atoms with van der Waals surface area (Å²) in [5.74, 6) is 0.841. The van der Waals surface area contributed by atoms with E-state index in [1.165, 1.54) is 6.42 Å². The first-order valence-corrected chi connectivity index (χ1v) is 23.6. The number of hydrogen-bond acceptors (Lipinski definition) is 15. The van der Waals surface area contributed by atoms with Gasteiger partial charge in [0.15, 0.2) is 0 Å². The SMILES string of the molecule is CN1CCC[C@H]1COc1nc(C(=O)NCc2ccccc2)cc(N2CCN(C(=O)OC(C)(C)C)CC2)n1.CN1CCC[C@H]1COc1nc(C(=O)NCc2ccccc2)cc(N2CCNCC2)n1.Cl. The highest BCUT2D eigenvalue weighted by Crippen LogP contribution is 2.23. The van der Waals surface area contributed by atoms with Crippen molar-refractivity contribution in [3.8, 4) is 12.0 Å². The summed E-state index contributed by atoms with van der Waals surface area (Å²) >= 11 is 0. The smallest absolute Gasteiger partial charge is 0.410 e. The number of nitrogens with zero attached hydrogens (tertiary/aromatic N) is 9. The second kappa shape index (κ2) is 25.0. The first-order chi connectivity index (χ1) is 32.4. The van der Waals surface area contributed by atoms with Crippen LogP contribution in [0.2, 0.25) is 0 Å². The number of anilines is 2. The number of halogens is 1. The zero-order chi connectivity index (χ0) is 47.2. The quantitative estimate of drug-likeness (QED) is 0.159. The molecule has 4 aliphatic heterocycles. The predicted octanol–water partition coefficient (Wildman–Crippen LogP) is 4.65. The van der Waals surface area contributed by atoms with Crippen LogP contribution in [0.15, 0.2) is 72.8 Å². The number of hydrogen-bond donors (Lipinski definition) is 3. The second-order valence-electron chi connectivity index (χ2n) is 18.5. The van der Waals surface area contributed by atoms with Gasteiger partial charge in [-0.15, -0.1) is 12.4 Å². The predicted molar refractivity (Wildman–Crippen MR) is 264 cm³/mol. The van der Waals surface area contributed by atoms with Gasteiger partial charge in [0.1, 0.15) is 41.8 Å². The molecule has 6 heterocycles. The van der Waals surface area contributed by atoms with E-state index in [4.69, 9.17) is 14.2 Å². The molecule has 4 saturated heterocycles. The lowest BCUT2D eigenvalue weighted by molar-refractivity contribution is 0.0240. The highest BCUT2D eigenvalue weighted by Gasteiger charge is 2.29. The Bertz CT molecular complexity index is 2220. The number of carbonyl (C=O) groups is 3. The Kier molecular flexibility index (Phi) is 18.9. The van der Waals surface area contributed by atoms with Crippen LogP contribution in [0.25, 0.3) is 0 Å². The maximum Gasteiger partial charge on any atom is 0.410 e. The zero-order valence-electron chi connectivity index (χ0n) is 40.2. The van der Waals surface area contributed by atoms with Gasteiger partial charge in [0.05, 0.1) is 0 Å². The molecule has 2 aromatic heterocycles. The van der Waals surface area contributed by atoms with Crippen molar-refractivity contribution in [1.82, 2.24) is 50.6 Å². The summed E-state index contributed by atoms with van der Waals surface area (Å²) in [5.41, 5.74) is 2.10. The van der Waals surface area contributed by atoms with E-state index < -0.39 is 5.60 Å². The Labute approximate surface area is 406 Å². The molecule has 368 valence electrons. The van der Waals surface area contributed by atoms with Gasteiger partial charge in [-0.3, -0.25) is 9.59 Å². The summed E-state index contributed by atoms with van der Waals surface area (Å²) in [7, 11) is 4.20. The molecule has 0 saturated carbocycles. The Morgan fingerprint density at radius 2 is 1.07 bits per heavy atom. The fraction of sp³-hybridized carbons (Fsp3) is 0.531. The molecule has 0 spiro atoms. The lowest BCUT2D eigenvalue weighted by Crippen LogP contribution is -2.50. The number of aromatic nitrogens is 4. The number of nitrogens with one attached hydrogen (secondary N) is 3. The molecule has 8 rings (SSSR count). The highest BCUT2D eigenvalue weighted by atomic mass is 35.5. The minimum Gasteiger partial charge on any atom is -0.462 e. The first-order valence-electron chi connectivity index (χ1n) is 23.6. The average Bonchev–Trinajstić information content (AvgIpc) is 3.97. The zero-order valence-corrected chi connectivity index (χ0v) is 41.0. The molecule has 4 fully saturated rings. The van der Waals surface area contributed by atoms with Crippen molar-refractivity contribution in [2.75, 3.05) is 103 Å². The van der Waals surface area contributed by atoms with Crippen LogP contribution in [0, 0.1) is 0 Å². The largest absolute Gasteiger partial charge is 0.462 e. The minimum atomic E-state index is -0.539. The summed E-state index contributed by atoms with van der Waals surface area (Å²) in [5, 5.41) is 9.23. The summed E-state index contributed by atoms with van der Waals surface area (Å²) in [6, 6.07) is 24.2. The molecule has 68 heavy (non-hydrogen) atoms. The number of benzene rings is 2. The molecule has 0 radical (unpaired) electrons. The fourth-order valence-corrected chi connectivity index (χ4v) is 8.31. The number of ether oxygens (including phenoxy) is 3. The summed E-state index contributed by atoms with van der Waals surface area (Å²) < 4.78 is 17.5. The van der Waals surface area contributed by atoms with Crippen molar-refractivity contribution in [2.24, 2.45) is 0 Å². The van der Waals surface area contributed by atoms with Crippen LogP contribution in [0.4, 0.5) is 16.4 Å². The second-order valence-corrected chi connectivity index (χ2v) is 18.5. The summed E-state index contributed by atoms with van der Waals surface area (Å²) in [6.07, 6.45) is 4.17. The molecular weight excluding hydrogens is 888 g/mol.